The topological polar surface area (TPSA) is 63.1 Å². The summed E-state index contributed by atoms with van der Waals surface area (Å²) < 4.78 is 10.2. The van der Waals surface area contributed by atoms with Gasteiger partial charge in [0.2, 0.25) is 5.75 Å². The lowest BCUT2D eigenvalue weighted by atomic mass is 10.2. The fraction of sp³-hybridized carbons (Fsp3) is 0.188. The van der Waals surface area contributed by atoms with Gasteiger partial charge in [-0.25, -0.2) is 0 Å². The normalized spacial score (nSPS) is 10.6. The number of phenolic OH excluding ortho intramolecular Hbond substituents is 1. The molecule has 0 atom stereocenters. The number of hydrazone groups is 1. The zero-order valence-corrected chi connectivity index (χ0v) is 12.0. The third-order valence-corrected chi connectivity index (χ3v) is 2.93. The van der Waals surface area contributed by atoms with Gasteiger partial charge in [-0.05, 0) is 17.7 Å². The molecule has 0 bridgehead atoms. The molecule has 2 rings (SSSR count). The maximum absolute atomic E-state index is 9.82. The Morgan fingerprint density at radius 2 is 1.71 bits per heavy atom. The van der Waals surface area contributed by atoms with Gasteiger partial charge in [-0.1, -0.05) is 30.3 Å². The van der Waals surface area contributed by atoms with Gasteiger partial charge in [-0.3, -0.25) is 0 Å². The highest BCUT2D eigenvalue weighted by Crippen LogP contribution is 2.36. The molecule has 2 aromatic carbocycles. The Labute approximate surface area is 123 Å². The van der Waals surface area contributed by atoms with E-state index in [0.29, 0.717) is 18.0 Å². The highest BCUT2D eigenvalue weighted by atomic mass is 16.5. The first kappa shape index (κ1) is 14.7. The molecular formula is C16H18N2O3. The minimum absolute atomic E-state index is 0.0191. The van der Waals surface area contributed by atoms with Gasteiger partial charge in [-0.2, -0.15) is 5.10 Å². The van der Waals surface area contributed by atoms with E-state index in [9.17, 15) is 5.11 Å². The number of benzene rings is 2. The molecule has 0 fully saturated rings. The molecule has 110 valence electrons. The monoisotopic (exact) mass is 286 g/mol. The minimum Gasteiger partial charge on any atom is -0.502 e. The molecule has 0 amide bonds. The van der Waals surface area contributed by atoms with Gasteiger partial charge in [0.05, 0.1) is 27.0 Å². The number of hydrogen-bond acceptors (Lipinski definition) is 5. The van der Waals surface area contributed by atoms with Crippen molar-refractivity contribution < 1.29 is 14.6 Å². The van der Waals surface area contributed by atoms with Crippen LogP contribution in [0.3, 0.4) is 0 Å². The van der Waals surface area contributed by atoms with Crippen LogP contribution in [-0.2, 0) is 6.54 Å². The Bertz CT molecular complexity index is 587. The Morgan fingerprint density at radius 3 is 2.29 bits per heavy atom. The SMILES string of the molecule is COc1cc(C=NNCc2ccccc2)cc(OC)c1O. The predicted molar refractivity (Wildman–Crippen MR) is 82.1 cm³/mol. The van der Waals surface area contributed by atoms with Crippen LogP contribution in [0, 0.1) is 0 Å². The Morgan fingerprint density at radius 1 is 1.10 bits per heavy atom. The van der Waals surface area contributed by atoms with Crippen LogP contribution >= 0.6 is 0 Å². The van der Waals surface area contributed by atoms with Crippen LogP contribution in [0.4, 0.5) is 0 Å². The first-order valence-corrected chi connectivity index (χ1v) is 6.49. The largest absolute Gasteiger partial charge is 0.502 e. The summed E-state index contributed by atoms with van der Waals surface area (Å²) in [5.74, 6) is 0.673. The molecule has 0 radical (unpaired) electrons. The summed E-state index contributed by atoms with van der Waals surface area (Å²) in [6.45, 7) is 0.643. The zero-order chi connectivity index (χ0) is 15.1. The van der Waals surface area contributed by atoms with Crippen molar-refractivity contribution >= 4 is 6.21 Å². The van der Waals surface area contributed by atoms with Crippen LogP contribution in [0.5, 0.6) is 17.2 Å². The summed E-state index contributed by atoms with van der Waals surface area (Å²) in [5.41, 5.74) is 4.88. The van der Waals surface area contributed by atoms with Crippen LogP contribution in [0.25, 0.3) is 0 Å². The standard InChI is InChI=1S/C16H18N2O3/c1-20-14-8-13(9-15(21-2)16(14)19)11-18-17-10-12-6-4-3-5-7-12/h3-9,11,17,19H,10H2,1-2H3. The van der Waals surface area contributed by atoms with E-state index >= 15 is 0 Å². The molecule has 0 heterocycles. The van der Waals surface area contributed by atoms with Gasteiger partial charge in [-0.15, -0.1) is 0 Å². The Balaban J connectivity index is 2.03. The second kappa shape index (κ2) is 7.19. The average molecular weight is 286 g/mol. The van der Waals surface area contributed by atoms with Crippen molar-refractivity contribution in [2.24, 2.45) is 5.10 Å². The molecule has 2 N–H and O–H groups in total. The number of rotatable bonds is 6. The summed E-state index contributed by atoms with van der Waals surface area (Å²) in [6, 6.07) is 13.4. The molecular weight excluding hydrogens is 268 g/mol. The van der Waals surface area contributed by atoms with Crippen LogP contribution in [0.2, 0.25) is 0 Å². The van der Waals surface area contributed by atoms with E-state index in [0.717, 1.165) is 11.1 Å². The summed E-state index contributed by atoms with van der Waals surface area (Å²) in [5, 5.41) is 14.0. The third kappa shape index (κ3) is 3.89. The first-order valence-electron chi connectivity index (χ1n) is 6.49. The molecule has 0 unspecified atom stereocenters. The second-order valence-electron chi connectivity index (χ2n) is 4.35. The number of phenols is 1. The summed E-state index contributed by atoms with van der Waals surface area (Å²) >= 11 is 0. The van der Waals surface area contributed by atoms with Crippen LogP contribution < -0.4 is 14.9 Å². The number of aromatic hydroxyl groups is 1. The number of hydrogen-bond donors (Lipinski definition) is 2. The highest BCUT2D eigenvalue weighted by Gasteiger charge is 2.09. The van der Waals surface area contributed by atoms with Crippen LogP contribution in [0.15, 0.2) is 47.6 Å². The Kier molecular flexibility index (Phi) is 5.04. The summed E-state index contributed by atoms with van der Waals surface area (Å²) in [6.07, 6.45) is 1.65. The lowest BCUT2D eigenvalue weighted by Gasteiger charge is -2.09. The summed E-state index contributed by atoms with van der Waals surface area (Å²) in [4.78, 5) is 0. The molecule has 5 nitrogen and oxygen atoms in total. The van der Waals surface area contributed by atoms with E-state index in [1.54, 1.807) is 18.3 Å². The van der Waals surface area contributed by atoms with Gasteiger partial charge >= 0.3 is 0 Å². The molecule has 0 saturated carbocycles. The number of nitrogens with one attached hydrogen (secondary N) is 1. The molecule has 0 spiro atoms. The zero-order valence-electron chi connectivity index (χ0n) is 12.0. The van der Waals surface area contributed by atoms with Crippen molar-refractivity contribution in [2.45, 2.75) is 6.54 Å². The fourth-order valence-corrected chi connectivity index (χ4v) is 1.84. The van der Waals surface area contributed by atoms with E-state index in [4.69, 9.17) is 9.47 Å². The van der Waals surface area contributed by atoms with Gasteiger partial charge in [0.1, 0.15) is 0 Å². The fourth-order valence-electron chi connectivity index (χ4n) is 1.84. The van der Waals surface area contributed by atoms with Gasteiger partial charge in [0.15, 0.2) is 11.5 Å². The quantitative estimate of drug-likeness (QED) is 0.633. The lowest BCUT2D eigenvalue weighted by molar-refractivity contribution is 0.340. The second-order valence-corrected chi connectivity index (χ2v) is 4.35. The molecule has 0 aliphatic heterocycles. The number of ether oxygens (including phenoxy) is 2. The van der Waals surface area contributed by atoms with Crippen LogP contribution in [0.1, 0.15) is 11.1 Å². The van der Waals surface area contributed by atoms with Gasteiger partial charge in [0.25, 0.3) is 0 Å². The predicted octanol–water partition coefficient (Wildman–Crippen LogP) is 2.53. The molecule has 0 aliphatic rings. The van der Waals surface area contributed by atoms with Crippen molar-refractivity contribution in [3.63, 3.8) is 0 Å². The maximum Gasteiger partial charge on any atom is 0.200 e. The molecule has 0 saturated heterocycles. The van der Waals surface area contributed by atoms with E-state index < -0.39 is 0 Å². The number of methoxy groups -OCH3 is 2. The Hall–Kier alpha value is -2.69. The van der Waals surface area contributed by atoms with Crippen molar-refractivity contribution in [3.05, 3.63) is 53.6 Å². The van der Waals surface area contributed by atoms with E-state index in [1.165, 1.54) is 14.2 Å². The molecule has 0 aromatic heterocycles. The van der Waals surface area contributed by atoms with Crippen molar-refractivity contribution in [3.8, 4) is 17.2 Å². The molecule has 21 heavy (non-hydrogen) atoms. The molecule has 2 aromatic rings. The first-order chi connectivity index (χ1) is 10.2. The molecule has 5 heteroatoms. The minimum atomic E-state index is -0.0191. The smallest absolute Gasteiger partial charge is 0.200 e. The van der Waals surface area contributed by atoms with E-state index in [1.807, 2.05) is 30.3 Å². The van der Waals surface area contributed by atoms with Crippen LogP contribution in [-0.4, -0.2) is 25.5 Å². The van der Waals surface area contributed by atoms with E-state index in [2.05, 4.69) is 10.5 Å². The highest BCUT2D eigenvalue weighted by molar-refractivity contribution is 5.82. The summed E-state index contributed by atoms with van der Waals surface area (Å²) in [7, 11) is 2.98. The van der Waals surface area contributed by atoms with E-state index in [-0.39, 0.29) is 5.75 Å². The van der Waals surface area contributed by atoms with Crippen molar-refractivity contribution in [1.82, 2.24) is 5.43 Å². The van der Waals surface area contributed by atoms with Gasteiger partial charge < -0.3 is 20.0 Å². The average Bonchev–Trinajstić information content (AvgIpc) is 2.53. The number of nitrogens with zero attached hydrogens (tertiary/aromatic N) is 1. The molecule has 0 aliphatic carbocycles. The van der Waals surface area contributed by atoms with Crippen molar-refractivity contribution in [2.75, 3.05) is 14.2 Å². The third-order valence-electron chi connectivity index (χ3n) is 2.93. The lowest BCUT2D eigenvalue weighted by Crippen LogP contribution is -2.05. The maximum atomic E-state index is 9.82. The van der Waals surface area contributed by atoms with Gasteiger partial charge in [0, 0.05) is 5.56 Å². The van der Waals surface area contributed by atoms with Crippen molar-refractivity contribution in [1.29, 1.82) is 0 Å².